The Morgan fingerprint density at radius 2 is 1.77 bits per heavy atom. The number of methoxy groups -OCH3 is 1. The normalized spacial score (nSPS) is 15.8. The van der Waals surface area contributed by atoms with Crippen LogP contribution in [0.5, 0.6) is 0 Å². The lowest BCUT2D eigenvalue weighted by atomic mass is 9.72. The molecule has 1 aliphatic carbocycles. The quantitative estimate of drug-likeness (QED) is 0.679. The van der Waals surface area contributed by atoms with Gasteiger partial charge in [-0.3, -0.25) is 9.59 Å². The van der Waals surface area contributed by atoms with Gasteiger partial charge in [-0.2, -0.15) is 0 Å². The van der Waals surface area contributed by atoms with E-state index in [-0.39, 0.29) is 17.2 Å². The molecule has 0 radical (unpaired) electrons. The number of amides is 2. The highest BCUT2D eigenvalue weighted by atomic mass is 32.1. The fourth-order valence-corrected chi connectivity index (χ4v) is 5.19. The SMILES string of the molecule is COC(=O)c1ccc(NC(=O)c2c(NC(C)=O)sc3c2CC[C@H](C(C)(C)C)C3)cc1. The third-order valence-corrected chi connectivity index (χ3v) is 6.74. The van der Waals surface area contributed by atoms with Crippen LogP contribution in [0.2, 0.25) is 0 Å². The van der Waals surface area contributed by atoms with Crippen LogP contribution in [0.15, 0.2) is 24.3 Å². The molecule has 0 aliphatic heterocycles. The molecule has 160 valence electrons. The first-order valence-corrected chi connectivity index (χ1v) is 10.8. The van der Waals surface area contributed by atoms with Gasteiger partial charge in [-0.15, -0.1) is 11.3 Å². The summed E-state index contributed by atoms with van der Waals surface area (Å²) in [5, 5.41) is 6.34. The number of thiophene rings is 1. The number of esters is 1. The zero-order valence-electron chi connectivity index (χ0n) is 18.0. The third-order valence-electron chi connectivity index (χ3n) is 5.57. The molecule has 1 aromatic carbocycles. The highest BCUT2D eigenvalue weighted by molar-refractivity contribution is 7.17. The first-order valence-electron chi connectivity index (χ1n) is 10.0. The van der Waals surface area contributed by atoms with E-state index in [1.54, 1.807) is 24.3 Å². The van der Waals surface area contributed by atoms with Crippen molar-refractivity contribution >= 4 is 39.8 Å². The Labute approximate surface area is 181 Å². The van der Waals surface area contributed by atoms with Crippen molar-refractivity contribution in [3.05, 3.63) is 45.8 Å². The Kier molecular flexibility index (Phi) is 6.31. The monoisotopic (exact) mass is 428 g/mol. The molecule has 0 unspecified atom stereocenters. The summed E-state index contributed by atoms with van der Waals surface area (Å²) in [6, 6.07) is 6.54. The van der Waals surface area contributed by atoms with Crippen molar-refractivity contribution in [2.45, 2.75) is 47.0 Å². The summed E-state index contributed by atoms with van der Waals surface area (Å²) in [6.45, 7) is 8.19. The minimum atomic E-state index is -0.430. The van der Waals surface area contributed by atoms with E-state index >= 15 is 0 Å². The van der Waals surface area contributed by atoms with Crippen LogP contribution >= 0.6 is 11.3 Å². The zero-order chi connectivity index (χ0) is 22.1. The highest BCUT2D eigenvalue weighted by Crippen LogP contribution is 2.44. The van der Waals surface area contributed by atoms with Crippen molar-refractivity contribution in [2.75, 3.05) is 17.7 Å². The van der Waals surface area contributed by atoms with Crippen LogP contribution < -0.4 is 10.6 Å². The lowest BCUT2D eigenvalue weighted by Crippen LogP contribution is -2.27. The summed E-state index contributed by atoms with van der Waals surface area (Å²) in [7, 11) is 1.32. The Bertz CT molecular complexity index is 970. The van der Waals surface area contributed by atoms with Crippen molar-refractivity contribution in [1.29, 1.82) is 0 Å². The topological polar surface area (TPSA) is 84.5 Å². The van der Waals surface area contributed by atoms with Crippen molar-refractivity contribution in [1.82, 2.24) is 0 Å². The minimum Gasteiger partial charge on any atom is -0.465 e. The van der Waals surface area contributed by atoms with Crippen LogP contribution in [0, 0.1) is 11.3 Å². The highest BCUT2D eigenvalue weighted by Gasteiger charge is 2.34. The first kappa shape index (κ1) is 22.0. The van der Waals surface area contributed by atoms with E-state index in [1.165, 1.54) is 30.2 Å². The fourth-order valence-electron chi connectivity index (χ4n) is 3.81. The summed E-state index contributed by atoms with van der Waals surface area (Å²) in [4.78, 5) is 37.7. The smallest absolute Gasteiger partial charge is 0.337 e. The van der Waals surface area contributed by atoms with E-state index in [0.29, 0.717) is 27.7 Å². The van der Waals surface area contributed by atoms with Crippen molar-refractivity contribution in [2.24, 2.45) is 11.3 Å². The van der Waals surface area contributed by atoms with Gasteiger partial charge in [-0.25, -0.2) is 4.79 Å². The van der Waals surface area contributed by atoms with Crippen LogP contribution in [0.25, 0.3) is 0 Å². The molecule has 0 saturated carbocycles. The van der Waals surface area contributed by atoms with Crippen LogP contribution in [-0.4, -0.2) is 24.9 Å². The number of ether oxygens (including phenoxy) is 1. The molecule has 1 heterocycles. The molecule has 2 aromatic rings. The van der Waals surface area contributed by atoms with Gasteiger partial charge in [0.25, 0.3) is 5.91 Å². The van der Waals surface area contributed by atoms with Gasteiger partial charge in [0, 0.05) is 17.5 Å². The minimum absolute atomic E-state index is 0.194. The van der Waals surface area contributed by atoms with Crippen LogP contribution in [0.4, 0.5) is 10.7 Å². The van der Waals surface area contributed by atoms with Crippen molar-refractivity contribution in [3.8, 4) is 0 Å². The molecular formula is C23H28N2O4S. The average Bonchev–Trinajstić information content (AvgIpc) is 3.03. The number of anilines is 2. The summed E-state index contributed by atoms with van der Waals surface area (Å²) >= 11 is 1.50. The lowest BCUT2D eigenvalue weighted by molar-refractivity contribution is -0.114. The second kappa shape index (κ2) is 8.60. The molecule has 6 nitrogen and oxygen atoms in total. The Hall–Kier alpha value is -2.67. The molecule has 3 rings (SSSR count). The molecule has 0 spiro atoms. The van der Waals surface area contributed by atoms with Gasteiger partial charge >= 0.3 is 5.97 Å². The average molecular weight is 429 g/mol. The second-order valence-corrected chi connectivity index (χ2v) is 9.82. The Morgan fingerprint density at radius 3 is 2.33 bits per heavy atom. The maximum atomic E-state index is 13.2. The zero-order valence-corrected chi connectivity index (χ0v) is 18.9. The molecule has 2 amide bonds. The number of fused-ring (bicyclic) bond motifs is 1. The largest absolute Gasteiger partial charge is 0.465 e. The van der Waals surface area contributed by atoms with Crippen molar-refractivity contribution in [3.63, 3.8) is 0 Å². The number of hydrogen-bond acceptors (Lipinski definition) is 5. The Balaban J connectivity index is 1.88. The maximum absolute atomic E-state index is 13.2. The number of hydrogen-bond donors (Lipinski definition) is 2. The van der Waals surface area contributed by atoms with Gasteiger partial charge in [0.05, 0.1) is 18.2 Å². The van der Waals surface area contributed by atoms with Gasteiger partial charge in [-0.05, 0) is 60.4 Å². The predicted octanol–water partition coefficient (Wildman–Crippen LogP) is 4.90. The van der Waals surface area contributed by atoms with Gasteiger partial charge in [0.2, 0.25) is 5.91 Å². The van der Waals surface area contributed by atoms with E-state index < -0.39 is 5.97 Å². The number of carbonyl (C=O) groups is 3. The molecule has 1 aliphatic rings. The van der Waals surface area contributed by atoms with Crippen LogP contribution in [0.1, 0.15) is 65.3 Å². The fraction of sp³-hybridized carbons (Fsp3) is 0.435. The summed E-state index contributed by atoms with van der Waals surface area (Å²) < 4.78 is 4.70. The summed E-state index contributed by atoms with van der Waals surface area (Å²) in [6.07, 6.45) is 2.75. The summed E-state index contributed by atoms with van der Waals surface area (Å²) in [5.74, 6) is -0.342. The molecule has 30 heavy (non-hydrogen) atoms. The third kappa shape index (κ3) is 4.73. The standard InChI is InChI=1S/C23H28N2O4S/c1-13(26)24-21-19(17-11-8-15(23(2,3)4)12-18(17)30-21)20(27)25-16-9-6-14(7-10-16)22(28)29-5/h6-7,9-10,15H,8,11-12H2,1-5H3,(H,24,26)(H,25,27)/t15-/m0/s1. The molecule has 0 fully saturated rings. The van der Waals surface area contributed by atoms with E-state index in [0.717, 1.165) is 24.8 Å². The number of rotatable bonds is 4. The maximum Gasteiger partial charge on any atom is 0.337 e. The van der Waals surface area contributed by atoms with E-state index in [9.17, 15) is 14.4 Å². The lowest BCUT2D eigenvalue weighted by Gasteiger charge is -2.33. The number of benzene rings is 1. The van der Waals surface area contributed by atoms with Crippen LogP contribution in [0.3, 0.4) is 0 Å². The van der Waals surface area contributed by atoms with Crippen molar-refractivity contribution < 1.29 is 19.1 Å². The molecule has 1 aromatic heterocycles. The first-order chi connectivity index (χ1) is 14.1. The van der Waals surface area contributed by atoms with E-state index in [4.69, 9.17) is 4.74 Å². The molecule has 0 bridgehead atoms. The molecule has 2 N–H and O–H groups in total. The summed E-state index contributed by atoms with van der Waals surface area (Å²) in [5.41, 5.74) is 2.77. The van der Waals surface area contributed by atoms with E-state index in [2.05, 4.69) is 31.4 Å². The van der Waals surface area contributed by atoms with E-state index in [1.807, 2.05) is 0 Å². The number of nitrogens with one attached hydrogen (secondary N) is 2. The predicted molar refractivity (Wildman–Crippen MR) is 119 cm³/mol. The van der Waals surface area contributed by atoms with Crippen LogP contribution in [-0.2, 0) is 22.4 Å². The molecular weight excluding hydrogens is 400 g/mol. The van der Waals surface area contributed by atoms with Gasteiger partial charge < -0.3 is 15.4 Å². The van der Waals surface area contributed by atoms with Gasteiger partial charge in [0.1, 0.15) is 5.00 Å². The molecule has 7 heteroatoms. The van der Waals surface area contributed by atoms with Gasteiger partial charge in [0.15, 0.2) is 0 Å². The molecule has 1 atom stereocenters. The Morgan fingerprint density at radius 1 is 1.10 bits per heavy atom. The number of carbonyl (C=O) groups excluding carboxylic acids is 3. The van der Waals surface area contributed by atoms with Gasteiger partial charge in [-0.1, -0.05) is 20.8 Å². The second-order valence-electron chi connectivity index (χ2n) is 8.72. The molecule has 0 saturated heterocycles.